The summed E-state index contributed by atoms with van der Waals surface area (Å²) < 4.78 is 31.2. The third kappa shape index (κ3) is 3.55. The number of benzene rings is 2. The number of rotatable bonds is 5. The highest BCUT2D eigenvalue weighted by atomic mass is 32.2. The Morgan fingerprint density at radius 1 is 1.07 bits per heavy atom. The van der Waals surface area contributed by atoms with Crippen LogP contribution in [0.25, 0.3) is 0 Å². The highest BCUT2D eigenvalue weighted by Gasteiger charge is 2.53. The van der Waals surface area contributed by atoms with Gasteiger partial charge in [0.1, 0.15) is 16.4 Å². The lowest BCUT2D eigenvalue weighted by Gasteiger charge is -2.38. The summed E-state index contributed by atoms with van der Waals surface area (Å²) >= 11 is 0. The number of hydrogen-bond acceptors (Lipinski definition) is 6. The number of amides is 1. The fraction of sp³-hybridized carbons (Fsp3) is 0.316. The summed E-state index contributed by atoms with van der Waals surface area (Å²) in [5, 5.41) is 9.22. The fourth-order valence-electron chi connectivity index (χ4n) is 3.28. The van der Waals surface area contributed by atoms with Gasteiger partial charge in [-0.3, -0.25) is 10.0 Å². The number of para-hydroxylation sites is 2. The molecule has 7 nitrogen and oxygen atoms in total. The minimum Gasteiger partial charge on any atom is -0.456 e. The topological polar surface area (TPSA) is 95.9 Å². The SMILES string of the molecule is CN1CCC(C(=O)NO)(S(=O)(=O)c2ccccc2Oc2ccccc2)CC1. The summed E-state index contributed by atoms with van der Waals surface area (Å²) in [5.74, 6) is -0.276. The van der Waals surface area contributed by atoms with Gasteiger partial charge in [0.05, 0.1) is 0 Å². The van der Waals surface area contributed by atoms with Crippen LogP contribution in [-0.2, 0) is 14.6 Å². The quantitative estimate of drug-likeness (QED) is 0.600. The summed E-state index contributed by atoms with van der Waals surface area (Å²) in [6.07, 6.45) is 0.162. The Balaban J connectivity index is 2.07. The van der Waals surface area contributed by atoms with E-state index in [4.69, 9.17) is 4.74 Å². The lowest BCUT2D eigenvalue weighted by atomic mass is 9.95. The van der Waals surface area contributed by atoms with Crippen LogP contribution >= 0.6 is 0 Å². The number of carbonyl (C=O) groups is 1. The van der Waals surface area contributed by atoms with Crippen molar-refractivity contribution in [3.05, 3.63) is 54.6 Å². The molecule has 1 aliphatic rings. The van der Waals surface area contributed by atoms with Gasteiger partial charge < -0.3 is 9.64 Å². The van der Waals surface area contributed by atoms with E-state index in [-0.39, 0.29) is 23.5 Å². The molecule has 1 amide bonds. The minimum atomic E-state index is -4.13. The first-order valence-electron chi connectivity index (χ1n) is 8.60. The Labute approximate surface area is 158 Å². The minimum absolute atomic E-state index is 0.0676. The van der Waals surface area contributed by atoms with Crippen molar-refractivity contribution in [1.29, 1.82) is 0 Å². The highest BCUT2D eigenvalue weighted by Crippen LogP contribution is 2.40. The first kappa shape index (κ1) is 19.3. The van der Waals surface area contributed by atoms with Gasteiger partial charge in [0, 0.05) is 0 Å². The second-order valence-electron chi connectivity index (χ2n) is 6.60. The lowest BCUT2D eigenvalue weighted by molar-refractivity contribution is -0.133. The van der Waals surface area contributed by atoms with Crippen molar-refractivity contribution in [3.8, 4) is 11.5 Å². The van der Waals surface area contributed by atoms with E-state index in [1.165, 1.54) is 6.07 Å². The number of likely N-dealkylation sites (tertiary alicyclic amines) is 1. The van der Waals surface area contributed by atoms with Gasteiger partial charge in [-0.25, -0.2) is 13.9 Å². The number of carbonyl (C=O) groups excluding carboxylic acids is 1. The maximum Gasteiger partial charge on any atom is 0.265 e. The molecule has 1 aliphatic heterocycles. The zero-order valence-electron chi connectivity index (χ0n) is 15.0. The number of ether oxygens (including phenoxy) is 1. The van der Waals surface area contributed by atoms with Gasteiger partial charge in [0.2, 0.25) is 0 Å². The molecule has 0 radical (unpaired) electrons. The molecule has 1 fully saturated rings. The number of nitrogens with zero attached hydrogens (tertiary/aromatic N) is 1. The Morgan fingerprint density at radius 2 is 1.67 bits per heavy atom. The summed E-state index contributed by atoms with van der Waals surface area (Å²) in [5.41, 5.74) is 1.56. The van der Waals surface area contributed by atoms with Gasteiger partial charge in [0.15, 0.2) is 14.6 Å². The van der Waals surface area contributed by atoms with Crippen molar-refractivity contribution in [3.63, 3.8) is 0 Å². The van der Waals surface area contributed by atoms with E-state index >= 15 is 0 Å². The van der Waals surface area contributed by atoms with Crippen LogP contribution in [0.4, 0.5) is 0 Å². The summed E-state index contributed by atoms with van der Waals surface area (Å²) in [6, 6.07) is 15.1. The number of nitrogens with one attached hydrogen (secondary N) is 1. The number of hydrogen-bond donors (Lipinski definition) is 2. The molecule has 1 heterocycles. The van der Waals surface area contributed by atoms with E-state index in [0.717, 1.165) is 0 Å². The van der Waals surface area contributed by atoms with Crippen LogP contribution in [0.1, 0.15) is 12.8 Å². The van der Waals surface area contributed by atoms with Crippen molar-refractivity contribution in [1.82, 2.24) is 10.4 Å². The third-order valence-corrected chi connectivity index (χ3v) is 7.47. The van der Waals surface area contributed by atoms with Gasteiger partial charge in [-0.15, -0.1) is 0 Å². The Morgan fingerprint density at radius 3 is 2.30 bits per heavy atom. The molecule has 0 saturated carbocycles. The average molecular weight is 390 g/mol. The molecule has 0 aromatic heterocycles. The molecule has 2 aromatic rings. The molecule has 0 bridgehead atoms. The predicted octanol–water partition coefficient (Wildman–Crippen LogP) is 2.22. The summed E-state index contributed by atoms with van der Waals surface area (Å²) in [4.78, 5) is 14.4. The van der Waals surface area contributed by atoms with Crippen LogP contribution in [-0.4, -0.2) is 49.3 Å². The number of piperidine rings is 1. The van der Waals surface area contributed by atoms with Crippen molar-refractivity contribution >= 4 is 15.7 Å². The maximum absolute atomic E-state index is 13.6. The van der Waals surface area contributed by atoms with E-state index in [0.29, 0.717) is 18.8 Å². The average Bonchev–Trinajstić information content (AvgIpc) is 2.69. The van der Waals surface area contributed by atoms with E-state index in [1.54, 1.807) is 47.9 Å². The molecule has 2 N–H and O–H groups in total. The molecule has 0 spiro atoms. The Bertz CT molecular complexity index is 907. The van der Waals surface area contributed by atoms with Crippen LogP contribution in [0.2, 0.25) is 0 Å². The van der Waals surface area contributed by atoms with Gasteiger partial charge in [-0.05, 0) is 57.2 Å². The van der Waals surface area contributed by atoms with Crippen LogP contribution in [0.5, 0.6) is 11.5 Å². The van der Waals surface area contributed by atoms with Crippen LogP contribution < -0.4 is 10.2 Å². The first-order chi connectivity index (χ1) is 12.9. The van der Waals surface area contributed by atoms with E-state index in [9.17, 15) is 18.4 Å². The lowest BCUT2D eigenvalue weighted by Crippen LogP contribution is -2.57. The van der Waals surface area contributed by atoms with Gasteiger partial charge in [-0.1, -0.05) is 30.3 Å². The largest absolute Gasteiger partial charge is 0.456 e. The fourth-order valence-corrected chi connectivity index (χ4v) is 5.34. The van der Waals surface area contributed by atoms with Crippen LogP contribution in [0.3, 0.4) is 0 Å². The highest BCUT2D eigenvalue weighted by molar-refractivity contribution is 7.93. The van der Waals surface area contributed by atoms with Crippen molar-refractivity contribution < 1.29 is 23.2 Å². The number of sulfone groups is 1. The smallest absolute Gasteiger partial charge is 0.265 e. The predicted molar refractivity (Wildman–Crippen MR) is 99.5 cm³/mol. The van der Waals surface area contributed by atoms with Crippen molar-refractivity contribution in [2.45, 2.75) is 22.5 Å². The first-order valence-corrected chi connectivity index (χ1v) is 10.1. The zero-order chi connectivity index (χ0) is 19.5. The molecule has 3 rings (SSSR count). The van der Waals surface area contributed by atoms with Gasteiger partial charge in [0.25, 0.3) is 5.91 Å². The molecule has 27 heavy (non-hydrogen) atoms. The van der Waals surface area contributed by atoms with Crippen molar-refractivity contribution in [2.75, 3.05) is 20.1 Å². The van der Waals surface area contributed by atoms with Gasteiger partial charge >= 0.3 is 0 Å². The van der Waals surface area contributed by atoms with Gasteiger partial charge in [-0.2, -0.15) is 0 Å². The molecule has 144 valence electrons. The van der Waals surface area contributed by atoms with Crippen LogP contribution in [0.15, 0.2) is 59.5 Å². The zero-order valence-corrected chi connectivity index (χ0v) is 15.8. The second-order valence-corrected chi connectivity index (χ2v) is 8.83. The molecular formula is C19H22N2O5S. The van der Waals surface area contributed by atoms with Crippen molar-refractivity contribution in [2.24, 2.45) is 0 Å². The molecule has 8 heteroatoms. The molecule has 0 atom stereocenters. The second kappa shape index (κ2) is 7.67. The van der Waals surface area contributed by atoms with Crippen LogP contribution in [0, 0.1) is 0 Å². The Kier molecular flexibility index (Phi) is 5.50. The van der Waals surface area contributed by atoms with E-state index in [2.05, 4.69) is 0 Å². The molecule has 2 aromatic carbocycles. The molecular weight excluding hydrogens is 368 g/mol. The van der Waals surface area contributed by atoms with E-state index < -0.39 is 20.5 Å². The summed E-state index contributed by atoms with van der Waals surface area (Å²) in [7, 11) is -2.27. The Hall–Kier alpha value is -2.42. The normalized spacial score (nSPS) is 17.3. The number of hydroxylamine groups is 1. The van der Waals surface area contributed by atoms with E-state index in [1.807, 2.05) is 18.0 Å². The molecule has 1 saturated heterocycles. The summed E-state index contributed by atoms with van der Waals surface area (Å²) in [6.45, 7) is 0.850. The molecule has 0 aliphatic carbocycles. The third-order valence-electron chi connectivity index (χ3n) is 4.93. The standard InChI is InChI=1S/C19H22N2O5S/c1-21-13-11-19(12-14-21,18(22)20-23)27(24,25)17-10-6-5-9-16(17)26-15-7-3-2-4-8-15/h2-10,23H,11-14H2,1H3,(H,20,22). The molecule has 0 unspecified atom stereocenters. The monoisotopic (exact) mass is 390 g/mol. The maximum atomic E-state index is 13.6.